The Hall–Kier alpha value is -3.75. The van der Waals surface area contributed by atoms with E-state index in [1.165, 1.54) is 12.1 Å². The van der Waals surface area contributed by atoms with Crippen LogP contribution in [0.3, 0.4) is 0 Å². The molecule has 3 aromatic rings. The number of carbonyl (C=O) groups excluding carboxylic acids is 1. The summed E-state index contributed by atoms with van der Waals surface area (Å²) in [5.41, 5.74) is 3.13. The van der Waals surface area contributed by atoms with Crippen molar-refractivity contribution >= 4 is 17.8 Å². The maximum atomic E-state index is 13.9. The van der Waals surface area contributed by atoms with Gasteiger partial charge < -0.3 is 20.1 Å². The minimum Gasteiger partial charge on any atom is -0.504 e. The molecule has 33 heavy (non-hydrogen) atoms. The number of para-hydroxylation sites is 1. The summed E-state index contributed by atoms with van der Waals surface area (Å²) in [6.45, 7) is 7.09. The molecule has 2 aliphatic heterocycles. The number of halogens is 1. The quantitative estimate of drug-likeness (QED) is 0.582. The number of pyridine rings is 1. The second kappa shape index (κ2) is 7.68. The normalized spacial score (nSPS) is 21.2. The van der Waals surface area contributed by atoms with Gasteiger partial charge in [0.15, 0.2) is 23.7 Å². The summed E-state index contributed by atoms with van der Waals surface area (Å²) < 4.78 is 20.2. The van der Waals surface area contributed by atoms with Crippen LogP contribution in [0.5, 0.6) is 11.5 Å². The van der Waals surface area contributed by atoms with Crippen LogP contribution in [0, 0.1) is 19.7 Å². The highest BCUT2D eigenvalue weighted by Gasteiger charge is 2.47. The van der Waals surface area contributed by atoms with Gasteiger partial charge in [0.25, 0.3) is 0 Å². The van der Waals surface area contributed by atoms with Crippen LogP contribution in [0.1, 0.15) is 35.1 Å². The Morgan fingerprint density at radius 2 is 2.12 bits per heavy atom. The molecule has 5 rings (SSSR count). The highest BCUT2D eigenvalue weighted by atomic mass is 19.1. The van der Waals surface area contributed by atoms with Gasteiger partial charge in [-0.3, -0.25) is 4.79 Å². The number of aldehydes is 1. The van der Waals surface area contributed by atoms with E-state index < -0.39 is 11.6 Å². The molecule has 1 saturated heterocycles. The first-order valence-corrected chi connectivity index (χ1v) is 10.8. The number of anilines is 2. The monoisotopic (exact) mass is 449 g/mol. The van der Waals surface area contributed by atoms with Crippen LogP contribution in [-0.2, 0) is 0 Å². The van der Waals surface area contributed by atoms with Crippen molar-refractivity contribution in [2.45, 2.75) is 38.8 Å². The molecular formula is C24H24FN5O3. The van der Waals surface area contributed by atoms with Crippen LogP contribution in [0.2, 0.25) is 0 Å². The number of nitrogens with zero attached hydrogens (tertiary/aromatic N) is 4. The lowest BCUT2D eigenvalue weighted by molar-refractivity contribution is 0.111. The molecule has 1 aromatic carbocycles. The zero-order chi connectivity index (χ0) is 23.3. The van der Waals surface area contributed by atoms with E-state index in [2.05, 4.69) is 32.3 Å². The SMILES string of the molecule is Cc1cc(O[C@H]2CN3c4cc(-c5cccc(F)c5O)nnc4NC[C@]3(C)C2)c(C)nc1C=O. The van der Waals surface area contributed by atoms with E-state index in [0.717, 1.165) is 24.0 Å². The van der Waals surface area contributed by atoms with Gasteiger partial charge in [0, 0.05) is 18.5 Å². The van der Waals surface area contributed by atoms with Crippen molar-refractivity contribution in [1.29, 1.82) is 0 Å². The predicted octanol–water partition coefficient (Wildman–Crippen LogP) is 3.65. The van der Waals surface area contributed by atoms with E-state index in [1.54, 1.807) is 6.07 Å². The standard InChI is InChI=1S/C24H24FN5O3/c1-13-7-21(14(2)27-19(13)11-31)33-15-9-24(3)12-26-23-20(30(24)10-15)8-18(28-29-23)16-5-4-6-17(25)22(16)32/h4-8,11,15,32H,9-10,12H2,1-3H3,(H,26,29)/t15-,24+/m1/s1. The Labute approximate surface area is 190 Å². The van der Waals surface area contributed by atoms with Crippen LogP contribution in [0.15, 0.2) is 30.3 Å². The minimum atomic E-state index is -0.704. The molecule has 0 unspecified atom stereocenters. The van der Waals surface area contributed by atoms with E-state index in [4.69, 9.17) is 4.74 Å². The fourth-order valence-corrected chi connectivity index (χ4v) is 4.68. The molecule has 0 amide bonds. The smallest absolute Gasteiger partial charge is 0.172 e. The number of fused-ring (bicyclic) bond motifs is 3. The maximum Gasteiger partial charge on any atom is 0.172 e. The zero-order valence-corrected chi connectivity index (χ0v) is 18.6. The number of aromatic hydroxyl groups is 1. The van der Waals surface area contributed by atoms with E-state index in [-0.39, 0.29) is 17.2 Å². The van der Waals surface area contributed by atoms with Crippen molar-refractivity contribution in [3.63, 3.8) is 0 Å². The number of aryl methyl sites for hydroxylation is 2. The number of benzene rings is 1. The Morgan fingerprint density at radius 1 is 1.30 bits per heavy atom. The lowest BCUT2D eigenvalue weighted by Crippen LogP contribution is -2.50. The van der Waals surface area contributed by atoms with Crippen molar-refractivity contribution in [1.82, 2.24) is 15.2 Å². The molecule has 8 nitrogen and oxygen atoms in total. The number of hydrogen-bond donors (Lipinski definition) is 2. The van der Waals surface area contributed by atoms with Gasteiger partial charge in [-0.25, -0.2) is 9.37 Å². The maximum absolute atomic E-state index is 13.9. The number of aromatic nitrogens is 3. The zero-order valence-electron chi connectivity index (χ0n) is 18.6. The van der Waals surface area contributed by atoms with E-state index >= 15 is 0 Å². The number of ether oxygens (including phenoxy) is 1. The number of rotatable bonds is 4. The van der Waals surface area contributed by atoms with Gasteiger partial charge in [0.1, 0.15) is 17.5 Å². The molecule has 0 spiro atoms. The third kappa shape index (κ3) is 3.53. The average molecular weight is 449 g/mol. The first-order valence-electron chi connectivity index (χ1n) is 10.8. The topological polar surface area (TPSA) is 100 Å². The molecule has 0 aliphatic carbocycles. The van der Waals surface area contributed by atoms with E-state index in [0.29, 0.717) is 41.7 Å². The second-order valence-corrected chi connectivity index (χ2v) is 8.90. The average Bonchev–Trinajstić information content (AvgIpc) is 3.14. The van der Waals surface area contributed by atoms with Crippen LogP contribution in [-0.4, -0.2) is 51.3 Å². The van der Waals surface area contributed by atoms with Gasteiger partial charge >= 0.3 is 0 Å². The second-order valence-electron chi connectivity index (χ2n) is 8.90. The molecule has 4 heterocycles. The number of nitrogens with one attached hydrogen (secondary N) is 1. The number of hydrogen-bond acceptors (Lipinski definition) is 8. The Kier molecular flexibility index (Phi) is 4.92. The van der Waals surface area contributed by atoms with Crippen molar-refractivity contribution < 1.29 is 19.0 Å². The summed E-state index contributed by atoms with van der Waals surface area (Å²) in [6, 6.07) is 8.02. The minimum absolute atomic E-state index is 0.107. The molecule has 2 atom stereocenters. The van der Waals surface area contributed by atoms with Crippen molar-refractivity contribution in [3.05, 3.63) is 53.1 Å². The molecule has 170 valence electrons. The molecule has 1 fully saturated rings. The van der Waals surface area contributed by atoms with Crippen LogP contribution in [0.4, 0.5) is 15.9 Å². The lowest BCUT2D eigenvalue weighted by Gasteiger charge is -2.41. The predicted molar refractivity (Wildman–Crippen MR) is 121 cm³/mol. The molecule has 0 saturated carbocycles. The number of carbonyl (C=O) groups is 1. The third-order valence-corrected chi connectivity index (χ3v) is 6.47. The third-order valence-electron chi connectivity index (χ3n) is 6.47. The highest BCUT2D eigenvalue weighted by molar-refractivity contribution is 5.77. The van der Waals surface area contributed by atoms with Gasteiger partial charge in [-0.15, -0.1) is 10.2 Å². The number of phenolic OH excluding ortho intramolecular Hbond substituents is 1. The Bertz CT molecular complexity index is 1270. The van der Waals surface area contributed by atoms with Crippen LogP contribution < -0.4 is 15.0 Å². The van der Waals surface area contributed by atoms with Gasteiger partial charge in [-0.05, 0) is 50.6 Å². The molecule has 9 heteroatoms. The molecule has 2 N–H and O–H groups in total. The van der Waals surface area contributed by atoms with Gasteiger partial charge in [0.2, 0.25) is 0 Å². The Morgan fingerprint density at radius 3 is 2.91 bits per heavy atom. The summed E-state index contributed by atoms with van der Waals surface area (Å²) in [7, 11) is 0. The van der Waals surface area contributed by atoms with Crippen LogP contribution >= 0.6 is 0 Å². The fourth-order valence-electron chi connectivity index (χ4n) is 4.68. The largest absolute Gasteiger partial charge is 0.504 e. The summed E-state index contributed by atoms with van der Waals surface area (Å²) in [4.78, 5) is 17.7. The van der Waals surface area contributed by atoms with Gasteiger partial charge in [0.05, 0.1) is 29.2 Å². The summed E-state index contributed by atoms with van der Waals surface area (Å²) in [5.74, 6) is 0.150. The van der Waals surface area contributed by atoms with Crippen molar-refractivity contribution in [2.24, 2.45) is 0 Å². The van der Waals surface area contributed by atoms with E-state index in [1.807, 2.05) is 26.0 Å². The van der Waals surface area contributed by atoms with Crippen LogP contribution in [0.25, 0.3) is 11.3 Å². The molecule has 2 aromatic heterocycles. The van der Waals surface area contributed by atoms with E-state index in [9.17, 15) is 14.3 Å². The fraction of sp³-hybridized carbons (Fsp3) is 0.333. The Balaban J connectivity index is 1.46. The van der Waals surface area contributed by atoms with Crippen molar-refractivity contribution in [2.75, 3.05) is 23.3 Å². The molecule has 0 bridgehead atoms. The highest BCUT2D eigenvalue weighted by Crippen LogP contribution is 2.44. The first kappa shape index (κ1) is 21.1. The summed E-state index contributed by atoms with van der Waals surface area (Å²) in [6.07, 6.45) is 1.40. The first-order chi connectivity index (χ1) is 15.8. The van der Waals surface area contributed by atoms with Gasteiger partial charge in [-0.2, -0.15) is 0 Å². The lowest BCUT2D eigenvalue weighted by atomic mass is 9.95. The molecule has 2 aliphatic rings. The molecule has 0 radical (unpaired) electrons. The molecular weight excluding hydrogens is 425 g/mol. The summed E-state index contributed by atoms with van der Waals surface area (Å²) >= 11 is 0. The number of phenols is 1. The summed E-state index contributed by atoms with van der Waals surface area (Å²) in [5, 5.41) is 22.0. The van der Waals surface area contributed by atoms with Crippen molar-refractivity contribution in [3.8, 4) is 22.8 Å². The van der Waals surface area contributed by atoms with Gasteiger partial charge in [-0.1, -0.05) is 6.07 Å².